The molecule has 1 saturated heterocycles. The van der Waals surface area contributed by atoms with Crippen LogP contribution in [0.4, 0.5) is 10.1 Å². The fourth-order valence-electron chi connectivity index (χ4n) is 5.16. The first-order valence-electron chi connectivity index (χ1n) is 12.7. The molecule has 2 aliphatic rings. The number of anilines is 1. The van der Waals surface area contributed by atoms with E-state index in [0.29, 0.717) is 62.8 Å². The number of nitrogens with zero attached hydrogens (tertiary/aromatic N) is 2. The molecule has 3 heterocycles. The number of hydrogen-bond acceptors (Lipinski definition) is 6. The average Bonchev–Trinajstić information content (AvgIpc) is 2.95. The van der Waals surface area contributed by atoms with Crippen LogP contribution in [0.2, 0.25) is 0 Å². The molecular weight excluding hydrogens is 503 g/mol. The molecule has 10 nitrogen and oxygen atoms in total. The molecule has 0 aliphatic carbocycles. The summed E-state index contributed by atoms with van der Waals surface area (Å²) in [4.78, 5) is 28.8. The molecule has 1 aromatic heterocycles. The van der Waals surface area contributed by atoms with E-state index >= 15 is 4.39 Å². The van der Waals surface area contributed by atoms with Crippen LogP contribution < -0.4 is 26.5 Å². The SMILES string of the molecule is N=C(N)NCCCNc1c(F)cc2c(=O)c(C(=O)N3CCOCC3)cn3c2c1Oc1ccc2ccccc2c1-3. The highest BCUT2D eigenvalue weighted by molar-refractivity contribution is 6.04. The number of guanidine groups is 1. The van der Waals surface area contributed by atoms with E-state index in [1.54, 1.807) is 21.7 Å². The number of rotatable bonds is 6. The van der Waals surface area contributed by atoms with Crippen LogP contribution >= 0.6 is 0 Å². The third-order valence-electron chi connectivity index (χ3n) is 7.01. The van der Waals surface area contributed by atoms with Crippen LogP contribution in [-0.4, -0.2) is 60.7 Å². The molecule has 1 fully saturated rings. The highest BCUT2D eigenvalue weighted by Crippen LogP contribution is 2.47. The summed E-state index contributed by atoms with van der Waals surface area (Å²) in [5, 5.41) is 14.9. The van der Waals surface area contributed by atoms with Crippen molar-refractivity contribution in [2.45, 2.75) is 6.42 Å². The maximum atomic E-state index is 15.6. The predicted octanol–water partition coefficient (Wildman–Crippen LogP) is 3.15. The van der Waals surface area contributed by atoms with Crippen molar-refractivity contribution in [3.05, 3.63) is 70.3 Å². The number of benzene rings is 3. The first-order valence-corrected chi connectivity index (χ1v) is 12.7. The number of halogens is 1. The molecule has 0 saturated carbocycles. The lowest BCUT2D eigenvalue weighted by atomic mass is 10.0. The second kappa shape index (κ2) is 9.91. The summed E-state index contributed by atoms with van der Waals surface area (Å²) in [5.41, 5.74) is 5.91. The van der Waals surface area contributed by atoms with Crippen molar-refractivity contribution in [3.63, 3.8) is 0 Å². The van der Waals surface area contributed by atoms with Crippen molar-refractivity contribution in [2.75, 3.05) is 44.7 Å². The van der Waals surface area contributed by atoms with Gasteiger partial charge in [0.15, 0.2) is 23.3 Å². The van der Waals surface area contributed by atoms with Crippen LogP contribution in [0.15, 0.2) is 53.5 Å². The van der Waals surface area contributed by atoms with Crippen molar-refractivity contribution >= 4 is 39.2 Å². The van der Waals surface area contributed by atoms with E-state index in [2.05, 4.69) is 10.6 Å². The predicted molar refractivity (Wildman–Crippen MR) is 147 cm³/mol. The number of morpholine rings is 1. The van der Waals surface area contributed by atoms with Gasteiger partial charge in [0.05, 0.1) is 24.3 Å². The number of hydrogen-bond donors (Lipinski definition) is 4. The van der Waals surface area contributed by atoms with Crippen LogP contribution in [0.3, 0.4) is 0 Å². The Morgan fingerprint density at radius 2 is 1.90 bits per heavy atom. The minimum absolute atomic E-state index is 0.0356. The fraction of sp³-hybridized carbons (Fsp3) is 0.250. The highest BCUT2D eigenvalue weighted by Gasteiger charge is 2.31. The molecule has 5 N–H and O–H groups in total. The van der Waals surface area contributed by atoms with Gasteiger partial charge in [-0.3, -0.25) is 15.0 Å². The standard InChI is InChI=1S/C28H27FN6O4/c29-20-14-18-24-26(22(20)32-8-3-9-33-28(30)31)39-21-7-6-16-4-1-2-5-17(16)23(21)35(24)15-19(25(18)36)27(37)34-10-12-38-13-11-34/h1-2,4-7,14-15,32H,3,8-13H2,(H4,30,31,33). The maximum absolute atomic E-state index is 15.6. The number of pyridine rings is 1. The molecule has 200 valence electrons. The van der Waals surface area contributed by atoms with Crippen LogP contribution in [0.1, 0.15) is 16.8 Å². The quantitative estimate of drug-likeness (QED) is 0.151. The fourth-order valence-corrected chi connectivity index (χ4v) is 5.16. The molecule has 6 rings (SSSR count). The summed E-state index contributed by atoms with van der Waals surface area (Å²) in [6.07, 6.45) is 2.11. The summed E-state index contributed by atoms with van der Waals surface area (Å²) in [6, 6.07) is 12.6. The average molecular weight is 531 g/mol. The minimum atomic E-state index is -0.666. The number of carbonyl (C=O) groups excluding carboxylic acids is 1. The van der Waals surface area contributed by atoms with E-state index in [4.69, 9.17) is 20.6 Å². The summed E-state index contributed by atoms with van der Waals surface area (Å²) in [5.74, 6) is -0.566. The molecular formula is C28H27FN6O4. The summed E-state index contributed by atoms with van der Waals surface area (Å²) < 4.78 is 29.0. The number of amides is 1. The number of ether oxygens (including phenoxy) is 2. The van der Waals surface area contributed by atoms with Crippen LogP contribution in [0.25, 0.3) is 27.4 Å². The molecule has 2 aliphatic heterocycles. The van der Waals surface area contributed by atoms with Crippen molar-refractivity contribution in [1.29, 1.82) is 5.41 Å². The van der Waals surface area contributed by atoms with Gasteiger partial charge >= 0.3 is 0 Å². The molecule has 3 aromatic carbocycles. The summed E-state index contributed by atoms with van der Waals surface area (Å²) in [7, 11) is 0. The molecule has 11 heteroatoms. The molecule has 0 spiro atoms. The van der Waals surface area contributed by atoms with Gasteiger partial charge in [0.1, 0.15) is 16.8 Å². The van der Waals surface area contributed by atoms with Crippen LogP contribution in [-0.2, 0) is 4.74 Å². The Kier molecular flexibility index (Phi) is 6.27. The summed E-state index contributed by atoms with van der Waals surface area (Å²) >= 11 is 0. The first-order chi connectivity index (χ1) is 18.9. The van der Waals surface area contributed by atoms with Crippen molar-refractivity contribution in [2.24, 2.45) is 5.73 Å². The van der Waals surface area contributed by atoms with Gasteiger partial charge in [-0.1, -0.05) is 30.3 Å². The van der Waals surface area contributed by atoms with Crippen LogP contribution in [0, 0.1) is 11.2 Å². The third kappa shape index (κ3) is 4.30. The molecule has 0 unspecified atom stereocenters. The number of fused-ring (bicyclic) bond motifs is 4. The zero-order valence-electron chi connectivity index (χ0n) is 21.1. The molecule has 39 heavy (non-hydrogen) atoms. The van der Waals surface area contributed by atoms with Gasteiger partial charge in [-0.05, 0) is 23.9 Å². The van der Waals surface area contributed by atoms with Crippen molar-refractivity contribution in [1.82, 2.24) is 14.8 Å². The molecule has 0 bridgehead atoms. The van der Waals surface area contributed by atoms with Gasteiger partial charge in [-0.25, -0.2) is 4.39 Å². The number of nitrogens with one attached hydrogen (secondary N) is 3. The van der Waals surface area contributed by atoms with Gasteiger partial charge in [-0.15, -0.1) is 0 Å². The van der Waals surface area contributed by atoms with E-state index in [-0.39, 0.29) is 28.3 Å². The lowest BCUT2D eigenvalue weighted by molar-refractivity contribution is 0.0302. The van der Waals surface area contributed by atoms with Crippen molar-refractivity contribution < 1.29 is 18.7 Å². The van der Waals surface area contributed by atoms with Gasteiger partial charge in [0, 0.05) is 37.8 Å². The van der Waals surface area contributed by atoms with E-state index in [1.165, 1.54) is 6.07 Å². The Hall–Kier alpha value is -4.64. The second-order valence-electron chi connectivity index (χ2n) is 9.46. The van der Waals surface area contributed by atoms with Gasteiger partial charge in [0.25, 0.3) is 5.91 Å². The normalized spacial score (nSPS) is 14.1. The minimum Gasteiger partial charge on any atom is -0.451 e. The highest BCUT2D eigenvalue weighted by atomic mass is 19.1. The van der Waals surface area contributed by atoms with E-state index < -0.39 is 17.2 Å². The van der Waals surface area contributed by atoms with E-state index in [0.717, 1.165) is 10.8 Å². The first kappa shape index (κ1) is 24.7. The number of nitrogens with two attached hydrogens (primary N) is 1. The zero-order valence-corrected chi connectivity index (χ0v) is 21.1. The van der Waals surface area contributed by atoms with Crippen LogP contribution in [0.5, 0.6) is 11.5 Å². The lowest BCUT2D eigenvalue weighted by Crippen LogP contribution is -2.42. The molecule has 4 aromatic rings. The molecule has 1 amide bonds. The van der Waals surface area contributed by atoms with Gasteiger partial charge in [-0.2, -0.15) is 0 Å². The van der Waals surface area contributed by atoms with E-state index in [9.17, 15) is 9.59 Å². The third-order valence-corrected chi connectivity index (χ3v) is 7.01. The second-order valence-corrected chi connectivity index (χ2v) is 9.46. The molecule has 0 radical (unpaired) electrons. The van der Waals surface area contributed by atoms with Gasteiger partial charge in [0.2, 0.25) is 5.43 Å². The lowest BCUT2D eigenvalue weighted by Gasteiger charge is -2.29. The zero-order chi connectivity index (χ0) is 27.1. The topological polar surface area (TPSA) is 135 Å². The summed E-state index contributed by atoms with van der Waals surface area (Å²) in [6.45, 7) is 2.33. The largest absolute Gasteiger partial charge is 0.451 e. The monoisotopic (exact) mass is 530 g/mol. The Labute approximate surface area is 222 Å². The van der Waals surface area contributed by atoms with Gasteiger partial charge < -0.3 is 35.3 Å². The Balaban J connectivity index is 1.55. The number of aromatic nitrogens is 1. The number of carbonyl (C=O) groups is 1. The smallest absolute Gasteiger partial charge is 0.259 e. The Bertz CT molecular complexity index is 1700. The Morgan fingerprint density at radius 3 is 2.69 bits per heavy atom. The Morgan fingerprint density at radius 1 is 1.10 bits per heavy atom. The maximum Gasteiger partial charge on any atom is 0.259 e. The molecule has 0 atom stereocenters. The van der Waals surface area contributed by atoms with E-state index in [1.807, 2.05) is 30.3 Å². The van der Waals surface area contributed by atoms with Crippen molar-refractivity contribution in [3.8, 4) is 17.2 Å².